The van der Waals surface area contributed by atoms with E-state index in [1.54, 1.807) is 12.1 Å². The van der Waals surface area contributed by atoms with Gasteiger partial charge in [0.15, 0.2) is 0 Å². The van der Waals surface area contributed by atoms with Crippen molar-refractivity contribution < 1.29 is 19.4 Å². The van der Waals surface area contributed by atoms with E-state index in [1.807, 2.05) is 0 Å². The number of hydrogen-bond acceptors (Lipinski definition) is 4. The molecule has 6 nitrogen and oxygen atoms in total. The van der Waals surface area contributed by atoms with Gasteiger partial charge in [0.1, 0.15) is 11.8 Å². The van der Waals surface area contributed by atoms with Crippen LogP contribution in [-0.4, -0.2) is 47.6 Å². The van der Waals surface area contributed by atoms with Crippen molar-refractivity contribution >= 4 is 27.7 Å². The molecule has 102 valence electrons. The zero-order chi connectivity index (χ0) is 14.0. The van der Waals surface area contributed by atoms with Crippen molar-refractivity contribution in [3.63, 3.8) is 0 Å². The first-order valence-electron chi connectivity index (χ1n) is 5.67. The van der Waals surface area contributed by atoms with Gasteiger partial charge in [-0.05, 0) is 34.1 Å². The monoisotopic (exact) mass is 328 g/mol. The van der Waals surface area contributed by atoms with Crippen molar-refractivity contribution in [2.24, 2.45) is 5.73 Å². The summed E-state index contributed by atoms with van der Waals surface area (Å²) in [5.74, 6) is -0.987. The van der Waals surface area contributed by atoms with Gasteiger partial charge in [-0.1, -0.05) is 0 Å². The normalized spacial score (nSPS) is 19.2. The molecular formula is C12H13BrN2O4. The fourth-order valence-corrected chi connectivity index (χ4v) is 2.14. The Bertz CT molecular complexity index is 520. The number of rotatable bonds is 2. The minimum Gasteiger partial charge on any atom is -0.507 e. The Hall–Kier alpha value is -1.60. The quantitative estimate of drug-likeness (QED) is 0.825. The second-order valence-electron chi connectivity index (χ2n) is 4.16. The van der Waals surface area contributed by atoms with Crippen molar-refractivity contribution in [1.29, 1.82) is 0 Å². The van der Waals surface area contributed by atoms with E-state index in [0.29, 0.717) is 23.2 Å². The number of benzene rings is 1. The van der Waals surface area contributed by atoms with Crippen molar-refractivity contribution in [1.82, 2.24) is 4.90 Å². The topological polar surface area (TPSA) is 92.9 Å². The number of nitrogens with zero attached hydrogens (tertiary/aromatic N) is 1. The summed E-state index contributed by atoms with van der Waals surface area (Å²) in [6, 6.07) is 3.72. The third-order valence-electron chi connectivity index (χ3n) is 2.91. The van der Waals surface area contributed by atoms with Gasteiger partial charge in [0.05, 0.1) is 17.7 Å². The molecule has 1 aliphatic heterocycles. The number of amides is 2. The molecule has 1 unspecified atom stereocenters. The lowest BCUT2D eigenvalue weighted by Gasteiger charge is -2.33. The van der Waals surface area contributed by atoms with Crippen molar-refractivity contribution in [2.75, 3.05) is 19.8 Å². The molecule has 1 aromatic carbocycles. The number of ether oxygens (including phenoxy) is 1. The van der Waals surface area contributed by atoms with Gasteiger partial charge in [-0.3, -0.25) is 9.59 Å². The number of carbonyl (C=O) groups excluding carboxylic acids is 2. The highest BCUT2D eigenvalue weighted by atomic mass is 79.9. The molecule has 2 rings (SSSR count). The summed E-state index contributed by atoms with van der Waals surface area (Å²) < 4.78 is 5.65. The molecule has 0 spiro atoms. The fraction of sp³-hybridized carbons (Fsp3) is 0.333. The number of nitrogens with two attached hydrogens (primary N) is 1. The summed E-state index contributed by atoms with van der Waals surface area (Å²) >= 11 is 3.14. The summed E-state index contributed by atoms with van der Waals surface area (Å²) in [6.07, 6.45) is 0. The van der Waals surface area contributed by atoms with Crippen LogP contribution in [-0.2, 0) is 9.53 Å². The molecule has 1 atom stereocenters. The lowest BCUT2D eigenvalue weighted by molar-refractivity contribution is -0.127. The van der Waals surface area contributed by atoms with Gasteiger partial charge in [0, 0.05) is 12.1 Å². The van der Waals surface area contributed by atoms with E-state index in [1.165, 1.54) is 11.0 Å². The maximum atomic E-state index is 12.3. The summed E-state index contributed by atoms with van der Waals surface area (Å²) in [5, 5.41) is 9.59. The van der Waals surface area contributed by atoms with E-state index in [4.69, 9.17) is 10.5 Å². The number of morpholine rings is 1. The molecule has 1 saturated heterocycles. The Morgan fingerprint density at radius 3 is 2.84 bits per heavy atom. The third-order valence-corrected chi connectivity index (χ3v) is 3.58. The molecule has 0 radical (unpaired) electrons. The average Bonchev–Trinajstić information content (AvgIpc) is 2.41. The standard InChI is InChI=1S/C12H13BrN2O4/c13-8-2-1-7(5-10(8)16)12(18)15-3-4-19-6-9(15)11(14)17/h1-2,5,9,16H,3-4,6H2,(H2,14,17). The molecule has 1 aliphatic rings. The molecule has 0 bridgehead atoms. The largest absolute Gasteiger partial charge is 0.507 e. The van der Waals surface area contributed by atoms with E-state index in [0.717, 1.165) is 0 Å². The van der Waals surface area contributed by atoms with E-state index < -0.39 is 11.9 Å². The van der Waals surface area contributed by atoms with Crippen LogP contribution in [0.25, 0.3) is 0 Å². The number of aromatic hydroxyl groups is 1. The smallest absolute Gasteiger partial charge is 0.254 e. The van der Waals surface area contributed by atoms with Crippen LogP contribution < -0.4 is 5.73 Å². The molecule has 0 aliphatic carbocycles. The number of carbonyl (C=O) groups is 2. The molecule has 0 saturated carbocycles. The highest BCUT2D eigenvalue weighted by molar-refractivity contribution is 9.10. The van der Waals surface area contributed by atoms with E-state index in [9.17, 15) is 14.7 Å². The molecule has 1 fully saturated rings. The van der Waals surface area contributed by atoms with Crippen LogP contribution >= 0.6 is 15.9 Å². The number of phenols is 1. The molecule has 2 amide bonds. The molecule has 0 aromatic heterocycles. The van der Waals surface area contributed by atoms with Crippen molar-refractivity contribution in [2.45, 2.75) is 6.04 Å². The first-order valence-corrected chi connectivity index (χ1v) is 6.46. The lowest BCUT2D eigenvalue weighted by atomic mass is 10.1. The van der Waals surface area contributed by atoms with Crippen LogP contribution in [0.4, 0.5) is 0 Å². The second-order valence-corrected chi connectivity index (χ2v) is 5.01. The Labute approximate surface area is 118 Å². The predicted molar refractivity (Wildman–Crippen MR) is 70.6 cm³/mol. The average molecular weight is 329 g/mol. The van der Waals surface area contributed by atoms with Gasteiger partial charge < -0.3 is 20.5 Å². The fourth-order valence-electron chi connectivity index (χ4n) is 1.89. The first kappa shape index (κ1) is 13.8. The zero-order valence-corrected chi connectivity index (χ0v) is 11.6. The number of primary amides is 1. The molecule has 19 heavy (non-hydrogen) atoms. The SMILES string of the molecule is NC(=O)C1COCCN1C(=O)c1ccc(Br)c(O)c1. The maximum absolute atomic E-state index is 12.3. The summed E-state index contributed by atoms with van der Waals surface area (Å²) in [5.41, 5.74) is 5.56. The molecule has 1 aromatic rings. The van der Waals surface area contributed by atoms with Crippen LogP contribution in [0.15, 0.2) is 22.7 Å². The highest BCUT2D eigenvalue weighted by Crippen LogP contribution is 2.25. The summed E-state index contributed by atoms with van der Waals surface area (Å²) in [7, 11) is 0. The molecule has 7 heteroatoms. The number of halogens is 1. The van der Waals surface area contributed by atoms with Crippen LogP contribution in [0, 0.1) is 0 Å². The minimum absolute atomic E-state index is 0.0327. The van der Waals surface area contributed by atoms with Crippen molar-refractivity contribution in [3.8, 4) is 5.75 Å². The van der Waals surface area contributed by atoms with Crippen LogP contribution in [0.1, 0.15) is 10.4 Å². The van der Waals surface area contributed by atoms with Gasteiger partial charge >= 0.3 is 0 Å². The zero-order valence-electron chi connectivity index (χ0n) is 10.0. The lowest BCUT2D eigenvalue weighted by Crippen LogP contribution is -2.54. The summed E-state index contributed by atoms with van der Waals surface area (Å²) in [4.78, 5) is 25.0. The Morgan fingerprint density at radius 1 is 1.47 bits per heavy atom. The van der Waals surface area contributed by atoms with Crippen LogP contribution in [0.2, 0.25) is 0 Å². The Kier molecular flexibility index (Phi) is 4.06. The predicted octanol–water partition coefficient (Wildman–Crippen LogP) is 0.481. The molecular weight excluding hydrogens is 316 g/mol. The van der Waals surface area contributed by atoms with Crippen LogP contribution in [0.5, 0.6) is 5.75 Å². The summed E-state index contributed by atoms with van der Waals surface area (Å²) in [6.45, 7) is 0.755. The first-order chi connectivity index (χ1) is 9.00. The number of phenolic OH excluding ortho intramolecular Hbond substituents is 1. The minimum atomic E-state index is -0.771. The molecule has 1 heterocycles. The van der Waals surface area contributed by atoms with E-state index >= 15 is 0 Å². The number of hydrogen-bond donors (Lipinski definition) is 2. The highest BCUT2D eigenvalue weighted by Gasteiger charge is 2.32. The van der Waals surface area contributed by atoms with Gasteiger partial charge in [0.25, 0.3) is 5.91 Å². The van der Waals surface area contributed by atoms with Gasteiger partial charge in [-0.2, -0.15) is 0 Å². The van der Waals surface area contributed by atoms with Gasteiger partial charge in [-0.15, -0.1) is 0 Å². The Balaban J connectivity index is 2.26. The van der Waals surface area contributed by atoms with E-state index in [-0.39, 0.29) is 18.3 Å². The Morgan fingerprint density at radius 2 is 2.21 bits per heavy atom. The van der Waals surface area contributed by atoms with Crippen LogP contribution in [0.3, 0.4) is 0 Å². The van der Waals surface area contributed by atoms with Gasteiger partial charge in [0.2, 0.25) is 5.91 Å². The second kappa shape index (κ2) is 5.58. The van der Waals surface area contributed by atoms with Gasteiger partial charge in [-0.25, -0.2) is 0 Å². The molecule has 3 N–H and O–H groups in total. The van der Waals surface area contributed by atoms with E-state index in [2.05, 4.69) is 15.9 Å². The maximum Gasteiger partial charge on any atom is 0.254 e. The third kappa shape index (κ3) is 2.87. The van der Waals surface area contributed by atoms with Crippen molar-refractivity contribution in [3.05, 3.63) is 28.2 Å².